The Morgan fingerprint density at radius 1 is 1.00 bits per heavy atom. The molecule has 0 atom stereocenters. The topological polar surface area (TPSA) is 60.2 Å². The molecule has 29 heavy (non-hydrogen) atoms. The van der Waals surface area contributed by atoms with E-state index in [1.165, 1.54) is 36.0 Å². The van der Waals surface area contributed by atoms with Crippen molar-refractivity contribution in [2.45, 2.75) is 5.75 Å². The van der Waals surface area contributed by atoms with Gasteiger partial charge in [-0.1, -0.05) is 23.7 Å². The molecule has 0 bridgehead atoms. The first-order chi connectivity index (χ1) is 13.9. The first-order valence-corrected chi connectivity index (χ1v) is 9.92. The highest BCUT2D eigenvalue weighted by Crippen LogP contribution is 2.28. The molecule has 0 aliphatic heterocycles. The third kappa shape index (κ3) is 5.76. The lowest BCUT2D eigenvalue weighted by atomic mass is 10.1. The number of allylic oxidation sites excluding steroid dienone is 1. The molecule has 3 aromatic carbocycles. The predicted octanol–water partition coefficient (Wildman–Crippen LogP) is 6.54. The monoisotopic (exact) mass is 427 g/mol. The van der Waals surface area contributed by atoms with Gasteiger partial charge in [-0.25, -0.2) is 4.39 Å². The first-order valence-electron chi connectivity index (χ1n) is 8.56. The molecule has 0 N–H and O–H groups in total. The molecular formula is C22H15ClFNO3S. The van der Waals surface area contributed by atoms with Crippen LogP contribution in [0.15, 0.2) is 77.7 Å². The molecule has 0 aliphatic rings. The summed E-state index contributed by atoms with van der Waals surface area (Å²) in [4.78, 5) is 23.8. The number of Topliss-reactive ketones (excluding diaryl/α,β-unsaturated/α-hetero) is 1. The number of ketones is 1. The lowest BCUT2D eigenvalue weighted by Crippen LogP contribution is -2.01. The Hall–Kier alpha value is -2.96. The summed E-state index contributed by atoms with van der Waals surface area (Å²) in [5, 5.41) is 11.4. The van der Waals surface area contributed by atoms with Gasteiger partial charge in [-0.2, -0.15) is 0 Å². The maximum Gasteiger partial charge on any atom is 0.269 e. The highest BCUT2D eigenvalue weighted by Gasteiger charge is 2.14. The van der Waals surface area contributed by atoms with E-state index in [2.05, 4.69) is 0 Å². The second-order valence-corrected chi connectivity index (χ2v) is 7.56. The van der Waals surface area contributed by atoms with E-state index >= 15 is 0 Å². The average Bonchev–Trinajstić information content (AvgIpc) is 2.72. The van der Waals surface area contributed by atoms with Crippen molar-refractivity contribution in [3.63, 3.8) is 0 Å². The van der Waals surface area contributed by atoms with Crippen LogP contribution >= 0.6 is 23.4 Å². The van der Waals surface area contributed by atoms with E-state index in [1.807, 2.05) is 0 Å². The zero-order chi connectivity index (χ0) is 20.8. The van der Waals surface area contributed by atoms with E-state index < -0.39 is 4.92 Å². The number of halogens is 2. The van der Waals surface area contributed by atoms with Crippen molar-refractivity contribution in [3.05, 3.63) is 115 Å². The zero-order valence-corrected chi connectivity index (χ0v) is 16.6. The molecule has 3 aromatic rings. The van der Waals surface area contributed by atoms with Crippen LogP contribution in [0.1, 0.15) is 21.5 Å². The molecule has 0 amide bonds. The lowest BCUT2D eigenvalue weighted by Gasteiger charge is -2.08. The number of carbonyl (C=O) groups is 1. The van der Waals surface area contributed by atoms with Crippen LogP contribution in [0.25, 0.3) is 6.08 Å². The van der Waals surface area contributed by atoms with Crippen molar-refractivity contribution in [2.24, 2.45) is 0 Å². The number of non-ortho nitro benzene ring substituents is 1. The third-order valence-corrected chi connectivity index (χ3v) is 5.38. The number of carbonyl (C=O) groups excluding carboxylic acids is 1. The number of nitro groups is 1. The molecule has 0 spiro atoms. The van der Waals surface area contributed by atoms with Gasteiger partial charge in [-0.05, 0) is 65.7 Å². The van der Waals surface area contributed by atoms with E-state index in [-0.39, 0.29) is 17.3 Å². The smallest absolute Gasteiger partial charge is 0.269 e. The molecule has 146 valence electrons. The maximum absolute atomic E-state index is 13.1. The molecule has 0 unspecified atom stereocenters. The Balaban J connectivity index is 1.88. The number of benzene rings is 3. The minimum atomic E-state index is -0.476. The van der Waals surface area contributed by atoms with Crippen LogP contribution in [0.2, 0.25) is 5.02 Å². The van der Waals surface area contributed by atoms with Gasteiger partial charge in [-0.3, -0.25) is 14.9 Å². The molecule has 0 aromatic heterocycles. The summed E-state index contributed by atoms with van der Waals surface area (Å²) in [7, 11) is 0. The molecule has 0 saturated carbocycles. The van der Waals surface area contributed by atoms with Gasteiger partial charge in [0.1, 0.15) is 5.82 Å². The first kappa shape index (κ1) is 20.8. The summed E-state index contributed by atoms with van der Waals surface area (Å²) in [6, 6.07) is 18.6. The van der Waals surface area contributed by atoms with Crippen LogP contribution in [0, 0.1) is 15.9 Å². The Bertz CT molecular complexity index is 1050. The highest BCUT2D eigenvalue weighted by atomic mass is 35.5. The predicted molar refractivity (Wildman–Crippen MR) is 115 cm³/mol. The molecule has 3 rings (SSSR count). The van der Waals surface area contributed by atoms with E-state index in [9.17, 15) is 19.3 Å². The van der Waals surface area contributed by atoms with Crippen molar-refractivity contribution in [3.8, 4) is 0 Å². The van der Waals surface area contributed by atoms with Crippen molar-refractivity contribution in [1.82, 2.24) is 0 Å². The van der Waals surface area contributed by atoms with Crippen LogP contribution in [0.4, 0.5) is 10.1 Å². The van der Waals surface area contributed by atoms with Crippen molar-refractivity contribution < 1.29 is 14.1 Å². The number of hydrogen-bond acceptors (Lipinski definition) is 4. The van der Waals surface area contributed by atoms with Gasteiger partial charge in [0.05, 0.1) is 9.83 Å². The summed E-state index contributed by atoms with van der Waals surface area (Å²) >= 11 is 7.22. The summed E-state index contributed by atoms with van der Waals surface area (Å²) < 4.78 is 13.1. The normalized spacial score (nSPS) is 11.3. The summed E-state index contributed by atoms with van der Waals surface area (Å²) in [5.41, 5.74) is 2.00. The molecular weight excluding hydrogens is 413 g/mol. The largest absolute Gasteiger partial charge is 0.288 e. The second-order valence-electron chi connectivity index (χ2n) is 6.11. The van der Waals surface area contributed by atoms with Gasteiger partial charge in [0.2, 0.25) is 0 Å². The molecule has 0 aliphatic carbocycles. The summed E-state index contributed by atoms with van der Waals surface area (Å²) in [5.74, 6) is -0.0388. The van der Waals surface area contributed by atoms with Gasteiger partial charge in [0.25, 0.3) is 5.69 Å². The van der Waals surface area contributed by atoms with Gasteiger partial charge < -0.3 is 0 Å². The molecule has 0 fully saturated rings. The molecule has 7 heteroatoms. The minimum Gasteiger partial charge on any atom is -0.288 e. The fourth-order valence-electron chi connectivity index (χ4n) is 2.50. The van der Waals surface area contributed by atoms with Gasteiger partial charge >= 0.3 is 0 Å². The Kier molecular flexibility index (Phi) is 6.80. The number of hydrogen-bond donors (Lipinski definition) is 0. The molecule has 0 saturated heterocycles. The van der Waals surface area contributed by atoms with Crippen LogP contribution in [0.3, 0.4) is 0 Å². The molecule has 4 nitrogen and oxygen atoms in total. The number of nitrogens with zero attached hydrogens (tertiary/aromatic N) is 1. The number of thioether (sulfide) groups is 1. The van der Waals surface area contributed by atoms with Crippen LogP contribution in [-0.4, -0.2) is 10.7 Å². The van der Waals surface area contributed by atoms with Crippen LogP contribution < -0.4 is 0 Å². The average molecular weight is 428 g/mol. The minimum absolute atomic E-state index is 0.0216. The van der Waals surface area contributed by atoms with Gasteiger partial charge in [0, 0.05) is 28.5 Å². The fraction of sp³-hybridized carbons (Fsp3) is 0.0455. The highest BCUT2D eigenvalue weighted by molar-refractivity contribution is 8.03. The Morgan fingerprint density at radius 2 is 1.62 bits per heavy atom. The van der Waals surface area contributed by atoms with E-state index in [4.69, 9.17) is 11.6 Å². The quantitative estimate of drug-likeness (QED) is 0.186. The van der Waals surface area contributed by atoms with Crippen LogP contribution in [-0.2, 0) is 5.75 Å². The SMILES string of the molecule is O=C(/C(=C/c1ccc([N+](=O)[O-])cc1)SCc1ccc(F)cc1)c1ccc(Cl)cc1. The van der Waals surface area contributed by atoms with Crippen LogP contribution in [0.5, 0.6) is 0 Å². The summed E-state index contributed by atoms with van der Waals surface area (Å²) in [6.07, 6.45) is 1.69. The second kappa shape index (κ2) is 9.49. The molecule has 0 heterocycles. The maximum atomic E-state index is 13.1. The van der Waals surface area contributed by atoms with E-state index in [0.29, 0.717) is 26.8 Å². The van der Waals surface area contributed by atoms with Crippen molar-refractivity contribution >= 4 is 40.9 Å². The third-order valence-electron chi connectivity index (χ3n) is 4.04. The van der Waals surface area contributed by atoms with Gasteiger partial charge in [-0.15, -0.1) is 11.8 Å². The number of nitro benzene ring substituents is 1. The van der Waals surface area contributed by atoms with Crippen molar-refractivity contribution in [1.29, 1.82) is 0 Å². The summed E-state index contributed by atoms with van der Waals surface area (Å²) in [6.45, 7) is 0. The van der Waals surface area contributed by atoms with E-state index in [1.54, 1.807) is 54.6 Å². The van der Waals surface area contributed by atoms with Gasteiger partial charge in [0.15, 0.2) is 5.78 Å². The zero-order valence-electron chi connectivity index (χ0n) is 15.0. The number of rotatable bonds is 7. The standard InChI is InChI=1S/C22H15ClFNO3S/c23-18-7-5-17(6-8-18)22(26)21(29-14-16-1-9-19(24)10-2-16)13-15-3-11-20(12-4-15)25(27)28/h1-13H,14H2/b21-13-. The van der Waals surface area contributed by atoms with E-state index in [0.717, 1.165) is 5.56 Å². The lowest BCUT2D eigenvalue weighted by molar-refractivity contribution is -0.384. The Labute approximate surface area is 176 Å². The Morgan fingerprint density at radius 3 is 2.21 bits per heavy atom. The van der Waals surface area contributed by atoms with Crippen molar-refractivity contribution in [2.75, 3.05) is 0 Å². The fourth-order valence-corrected chi connectivity index (χ4v) is 3.61. The molecule has 0 radical (unpaired) electrons.